The number of thiophene rings is 1. The summed E-state index contributed by atoms with van der Waals surface area (Å²) in [5, 5.41) is 0.616. The molecule has 0 spiro atoms. The average molecular weight is 333 g/mol. The number of hydrogen-bond donors (Lipinski definition) is 0. The van der Waals surface area contributed by atoms with Crippen LogP contribution in [0.25, 0.3) is 10.2 Å². The largest absolute Gasteiger partial charge is 0.375 e. The van der Waals surface area contributed by atoms with E-state index in [0.717, 1.165) is 30.8 Å². The number of carbonyl (C=O) groups excluding carboxylic acids is 1. The van der Waals surface area contributed by atoms with Crippen molar-refractivity contribution in [3.8, 4) is 0 Å². The number of morpholine rings is 1. The fourth-order valence-corrected chi connectivity index (χ4v) is 4.58. The molecule has 7 heteroatoms. The topological polar surface area (TPSA) is 64.4 Å². The first kappa shape index (κ1) is 14.8. The lowest BCUT2D eigenvalue weighted by atomic mass is 10.2. The molecule has 122 valence electrons. The van der Waals surface area contributed by atoms with Crippen molar-refractivity contribution < 1.29 is 9.53 Å². The van der Waals surface area contributed by atoms with Crippen molar-refractivity contribution in [2.75, 3.05) is 19.7 Å². The standard InChI is InChI=1S/C16H19N3O3S/c1-9-8-18(6-7-22-9)16(21)13-10(2)12-14(23-13)17-11-4-3-5-19(11)15(12)20/h9H,3-8H2,1-2H3/t9-/m0/s1. The van der Waals surface area contributed by atoms with Gasteiger partial charge in [0.05, 0.1) is 23.0 Å². The first-order valence-corrected chi connectivity index (χ1v) is 8.81. The maximum absolute atomic E-state index is 12.8. The number of carbonyl (C=O) groups is 1. The zero-order chi connectivity index (χ0) is 16.1. The van der Waals surface area contributed by atoms with E-state index in [-0.39, 0.29) is 17.6 Å². The number of aryl methyl sites for hydroxylation is 2. The lowest BCUT2D eigenvalue weighted by Crippen LogP contribution is -2.44. The Morgan fingerprint density at radius 1 is 1.39 bits per heavy atom. The molecular formula is C16H19N3O3S. The minimum Gasteiger partial charge on any atom is -0.375 e. The number of nitrogens with zero attached hydrogens (tertiary/aromatic N) is 3. The van der Waals surface area contributed by atoms with E-state index in [1.807, 2.05) is 18.7 Å². The molecule has 6 nitrogen and oxygen atoms in total. The summed E-state index contributed by atoms with van der Waals surface area (Å²) in [5.41, 5.74) is 0.777. The predicted molar refractivity (Wildman–Crippen MR) is 88.3 cm³/mol. The highest BCUT2D eigenvalue weighted by atomic mass is 32.1. The minimum absolute atomic E-state index is 0.00523. The van der Waals surface area contributed by atoms with Gasteiger partial charge in [0.2, 0.25) is 0 Å². The lowest BCUT2D eigenvalue weighted by molar-refractivity contribution is -0.0122. The van der Waals surface area contributed by atoms with Crippen LogP contribution >= 0.6 is 11.3 Å². The van der Waals surface area contributed by atoms with E-state index in [0.29, 0.717) is 34.8 Å². The maximum Gasteiger partial charge on any atom is 0.264 e. The Morgan fingerprint density at radius 2 is 2.22 bits per heavy atom. The molecule has 2 aromatic rings. The van der Waals surface area contributed by atoms with Gasteiger partial charge < -0.3 is 9.64 Å². The van der Waals surface area contributed by atoms with E-state index in [1.54, 1.807) is 4.57 Å². The molecular weight excluding hydrogens is 314 g/mol. The van der Waals surface area contributed by atoms with Crippen LogP contribution in [0.3, 0.4) is 0 Å². The van der Waals surface area contributed by atoms with Gasteiger partial charge in [0.25, 0.3) is 11.5 Å². The summed E-state index contributed by atoms with van der Waals surface area (Å²) < 4.78 is 7.26. The van der Waals surface area contributed by atoms with E-state index < -0.39 is 0 Å². The molecule has 0 N–H and O–H groups in total. The summed E-state index contributed by atoms with van der Waals surface area (Å²) >= 11 is 1.35. The highest BCUT2D eigenvalue weighted by Gasteiger charge is 2.28. The Hall–Kier alpha value is -1.73. The molecule has 1 atom stereocenters. The minimum atomic E-state index is -0.00907. The van der Waals surface area contributed by atoms with Gasteiger partial charge >= 0.3 is 0 Å². The van der Waals surface area contributed by atoms with Crippen molar-refractivity contribution in [2.45, 2.75) is 39.3 Å². The molecule has 23 heavy (non-hydrogen) atoms. The Kier molecular flexibility index (Phi) is 3.50. The Labute approximate surface area is 137 Å². The molecule has 0 aromatic carbocycles. The van der Waals surface area contributed by atoms with Crippen LogP contribution in [0.15, 0.2) is 4.79 Å². The molecule has 0 radical (unpaired) electrons. The highest BCUT2D eigenvalue weighted by molar-refractivity contribution is 7.20. The molecule has 1 amide bonds. The van der Waals surface area contributed by atoms with Gasteiger partial charge in [-0.15, -0.1) is 11.3 Å². The van der Waals surface area contributed by atoms with E-state index >= 15 is 0 Å². The first-order valence-electron chi connectivity index (χ1n) is 8.00. The number of aromatic nitrogens is 2. The number of rotatable bonds is 1. The summed E-state index contributed by atoms with van der Waals surface area (Å²) in [6.45, 7) is 6.31. The Balaban J connectivity index is 1.79. The van der Waals surface area contributed by atoms with Gasteiger partial charge in [-0.25, -0.2) is 4.98 Å². The molecule has 2 aliphatic rings. The predicted octanol–water partition coefficient (Wildman–Crippen LogP) is 1.57. The molecule has 4 heterocycles. The van der Waals surface area contributed by atoms with Crippen LogP contribution in [-0.4, -0.2) is 46.2 Å². The van der Waals surface area contributed by atoms with Gasteiger partial charge in [-0.2, -0.15) is 0 Å². The maximum atomic E-state index is 12.8. The monoisotopic (exact) mass is 333 g/mol. The second-order valence-electron chi connectivity index (χ2n) is 6.26. The summed E-state index contributed by atoms with van der Waals surface area (Å²) in [5.74, 6) is 0.841. The third-order valence-corrected chi connectivity index (χ3v) is 5.81. The van der Waals surface area contributed by atoms with Crippen LogP contribution in [0.2, 0.25) is 0 Å². The van der Waals surface area contributed by atoms with Crippen molar-refractivity contribution in [3.05, 3.63) is 26.6 Å². The zero-order valence-corrected chi connectivity index (χ0v) is 14.1. The molecule has 1 fully saturated rings. The van der Waals surface area contributed by atoms with Crippen LogP contribution in [0, 0.1) is 6.92 Å². The SMILES string of the molecule is Cc1c(C(=O)N2CCO[C@@H](C)C2)sc2nc3n(c(=O)c12)CCC3. The van der Waals surface area contributed by atoms with Crippen molar-refractivity contribution in [3.63, 3.8) is 0 Å². The summed E-state index contributed by atoms with van der Waals surface area (Å²) in [4.78, 5) is 33.3. The average Bonchev–Trinajstić information content (AvgIpc) is 3.12. The van der Waals surface area contributed by atoms with Crippen molar-refractivity contribution >= 4 is 27.5 Å². The summed E-state index contributed by atoms with van der Waals surface area (Å²) in [7, 11) is 0. The third kappa shape index (κ3) is 2.30. The smallest absolute Gasteiger partial charge is 0.264 e. The summed E-state index contributed by atoms with van der Waals surface area (Å²) in [6.07, 6.45) is 1.86. The van der Waals surface area contributed by atoms with Crippen molar-refractivity contribution in [1.29, 1.82) is 0 Å². The third-order valence-electron chi connectivity index (χ3n) is 4.63. The first-order chi connectivity index (χ1) is 11.1. The fraction of sp³-hybridized carbons (Fsp3) is 0.562. The van der Waals surface area contributed by atoms with Crippen LogP contribution < -0.4 is 5.56 Å². The Bertz CT molecular complexity index is 854. The molecule has 0 saturated carbocycles. The molecule has 2 aromatic heterocycles. The molecule has 1 saturated heterocycles. The quantitative estimate of drug-likeness (QED) is 0.795. The second kappa shape index (κ2) is 5.42. The molecule has 0 aliphatic carbocycles. The van der Waals surface area contributed by atoms with Gasteiger partial charge in [-0.05, 0) is 25.8 Å². The normalized spacial score (nSPS) is 21.0. The number of fused-ring (bicyclic) bond motifs is 2. The van der Waals surface area contributed by atoms with Crippen LogP contribution in [0.1, 0.15) is 34.4 Å². The van der Waals surface area contributed by atoms with Gasteiger partial charge in [-0.3, -0.25) is 14.2 Å². The fourth-order valence-electron chi connectivity index (χ4n) is 3.43. The van der Waals surface area contributed by atoms with E-state index in [2.05, 4.69) is 4.98 Å². The van der Waals surface area contributed by atoms with Gasteiger partial charge in [0, 0.05) is 26.1 Å². The van der Waals surface area contributed by atoms with Crippen LogP contribution in [0.4, 0.5) is 0 Å². The van der Waals surface area contributed by atoms with Gasteiger partial charge in [0.15, 0.2) is 0 Å². The second-order valence-corrected chi connectivity index (χ2v) is 7.26. The molecule has 2 aliphatic heterocycles. The van der Waals surface area contributed by atoms with Gasteiger partial charge in [0.1, 0.15) is 10.7 Å². The Morgan fingerprint density at radius 3 is 3.00 bits per heavy atom. The van der Waals surface area contributed by atoms with Crippen molar-refractivity contribution in [1.82, 2.24) is 14.5 Å². The zero-order valence-electron chi connectivity index (χ0n) is 13.3. The highest BCUT2D eigenvalue weighted by Crippen LogP contribution is 2.30. The number of ether oxygens (including phenoxy) is 1. The number of hydrogen-bond acceptors (Lipinski definition) is 5. The van der Waals surface area contributed by atoms with E-state index in [9.17, 15) is 9.59 Å². The van der Waals surface area contributed by atoms with E-state index in [1.165, 1.54) is 11.3 Å². The lowest BCUT2D eigenvalue weighted by Gasteiger charge is -2.31. The van der Waals surface area contributed by atoms with E-state index in [4.69, 9.17) is 4.74 Å². The molecule has 4 rings (SSSR count). The summed E-state index contributed by atoms with van der Waals surface area (Å²) in [6, 6.07) is 0. The molecule has 0 bridgehead atoms. The van der Waals surface area contributed by atoms with Crippen LogP contribution in [0.5, 0.6) is 0 Å². The van der Waals surface area contributed by atoms with Crippen molar-refractivity contribution in [2.24, 2.45) is 0 Å². The number of amides is 1. The van der Waals surface area contributed by atoms with Gasteiger partial charge in [-0.1, -0.05) is 0 Å². The molecule has 0 unspecified atom stereocenters. The van der Waals surface area contributed by atoms with Crippen LogP contribution in [-0.2, 0) is 17.7 Å².